The predicted molar refractivity (Wildman–Crippen MR) is 60.8 cm³/mol. The summed E-state index contributed by atoms with van der Waals surface area (Å²) in [7, 11) is 0. The van der Waals surface area contributed by atoms with Crippen LogP contribution in [0.15, 0.2) is 12.4 Å². The van der Waals surface area contributed by atoms with Crippen LogP contribution in [-0.4, -0.2) is 33.0 Å². The molecule has 0 aliphatic heterocycles. The number of aliphatic carboxylic acids is 1. The molecule has 0 bridgehead atoms. The first-order valence-corrected chi connectivity index (χ1v) is 5.37. The lowest BCUT2D eigenvalue weighted by molar-refractivity contribution is -0.137. The number of halogens is 1. The van der Waals surface area contributed by atoms with E-state index >= 15 is 0 Å². The van der Waals surface area contributed by atoms with Crippen LogP contribution in [0.3, 0.4) is 0 Å². The van der Waals surface area contributed by atoms with Crippen molar-refractivity contribution in [3.63, 3.8) is 0 Å². The number of carboxylic acid groups (broad SMARTS) is 1. The van der Waals surface area contributed by atoms with Crippen molar-refractivity contribution in [1.82, 2.24) is 15.3 Å². The fourth-order valence-corrected chi connectivity index (χ4v) is 1.31. The molecule has 6 nitrogen and oxygen atoms in total. The minimum absolute atomic E-state index is 0.00265. The van der Waals surface area contributed by atoms with Gasteiger partial charge in [-0.3, -0.25) is 14.6 Å². The van der Waals surface area contributed by atoms with Crippen molar-refractivity contribution >= 4 is 23.5 Å². The molecule has 0 aliphatic rings. The van der Waals surface area contributed by atoms with Crippen molar-refractivity contribution in [3.05, 3.63) is 23.2 Å². The maximum absolute atomic E-state index is 11.6. The predicted octanol–water partition coefficient (Wildman–Crippen LogP) is 1.11. The van der Waals surface area contributed by atoms with Crippen LogP contribution in [0.1, 0.15) is 30.3 Å². The molecule has 0 fully saturated rings. The number of hydrogen-bond acceptors (Lipinski definition) is 4. The van der Waals surface area contributed by atoms with E-state index in [1.165, 1.54) is 12.4 Å². The van der Waals surface area contributed by atoms with Crippen LogP contribution >= 0.6 is 11.6 Å². The molecule has 0 saturated heterocycles. The van der Waals surface area contributed by atoms with E-state index in [0.717, 1.165) is 0 Å². The fraction of sp³-hybridized carbons (Fsp3) is 0.400. The first-order chi connectivity index (χ1) is 7.99. The summed E-state index contributed by atoms with van der Waals surface area (Å²) < 4.78 is 0. The molecule has 1 atom stereocenters. The lowest BCUT2D eigenvalue weighted by atomic mass is 10.2. The van der Waals surface area contributed by atoms with E-state index in [-0.39, 0.29) is 23.3 Å². The minimum Gasteiger partial charge on any atom is -0.481 e. The second-order valence-electron chi connectivity index (χ2n) is 3.53. The molecular weight excluding hydrogens is 246 g/mol. The van der Waals surface area contributed by atoms with Crippen molar-refractivity contribution in [2.75, 3.05) is 0 Å². The van der Waals surface area contributed by atoms with Crippen LogP contribution in [0.25, 0.3) is 0 Å². The molecule has 2 N–H and O–H groups in total. The summed E-state index contributed by atoms with van der Waals surface area (Å²) in [5.74, 6) is -1.31. The molecule has 0 radical (unpaired) electrons. The monoisotopic (exact) mass is 257 g/mol. The summed E-state index contributed by atoms with van der Waals surface area (Å²) in [6, 6.07) is -0.251. The van der Waals surface area contributed by atoms with E-state index < -0.39 is 11.9 Å². The Balaban J connectivity index is 2.51. The molecule has 1 rings (SSSR count). The smallest absolute Gasteiger partial charge is 0.303 e. The molecule has 1 aromatic heterocycles. The largest absolute Gasteiger partial charge is 0.481 e. The van der Waals surface area contributed by atoms with Gasteiger partial charge in [0, 0.05) is 12.5 Å². The minimum atomic E-state index is -0.895. The van der Waals surface area contributed by atoms with E-state index in [4.69, 9.17) is 16.7 Å². The first-order valence-electron chi connectivity index (χ1n) is 4.99. The molecule has 17 heavy (non-hydrogen) atoms. The van der Waals surface area contributed by atoms with Crippen molar-refractivity contribution in [1.29, 1.82) is 0 Å². The molecule has 7 heteroatoms. The van der Waals surface area contributed by atoms with Crippen LogP contribution in [-0.2, 0) is 4.79 Å². The second kappa shape index (κ2) is 6.15. The third kappa shape index (κ3) is 4.78. The summed E-state index contributed by atoms with van der Waals surface area (Å²) in [4.78, 5) is 29.5. The van der Waals surface area contributed by atoms with Gasteiger partial charge in [0.15, 0.2) is 0 Å². The molecule has 1 heterocycles. The van der Waals surface area contributed by atoms with Crippen LogP contribution in [0, 0.1) is 0 Å². The Morgan fingerprint density at radius 3 is 2.82 bits per heavy atom. The molecule has 0 aliphatic carbocycles. The lowest BCUT2D eigenvalue weighted by Gasteiger charge is -2.11. The number of carbonyl (C=O) groups excluding carboxylic acids is 1. The van der Waals surface area contributed by atoms with Crippen LogP contribution in [0.2, 0.25) is 5.15 Å². The number of amides is 1. The van der Waals surface area contributed by atoms with Crippen LogP contribution in [0.4, 0.5) is 0 Å². The van der Waals surface area contributed by atoms with Gasteiger partial charge >= 0.3 is 5.97 Å². The fourth-order valence-electron chi connectivity index (χ4n) is 1.16. The molecule has 1 unspecified atom stereocenters. The van der Waals surface area contributed by atoms with Gasteiger partial charge in [-0.25, -0.2) is 4.98 Å². The van der Waals surface area contributed by atoms with Crippen molar-refractivity contribution in [2.45, 2.75) is 25.8 Å². The summed E-state index contributed by atoms with van der Waals surface area (Å²) in [6.07, 6.45) is 2.98. The first kappa shape index (κ1) is 13.4. The number of carboxylic acids is 1. The van der Waals surface area contributed by atoms with E-state index in [9.17, 15) is 9.59 Å². The zero-order valence-corrected chi connectivity index (χ0v) is 9.94. The number of aromatic nitrogens is 2. The van der Waals surface area contributed by atoms with Gasteiger partial charge in [0.25, 0.3) is 5.91 Å². The summed E-state index contributed by atoms with van der Waals surface area (Å²) in [6.45, 7) is 1.72. The number of hydrogen-bond donors (Lipinski definition) is 2. The van der Waals surface area contributed by atoms with E-state index in [1.807, 2.05) is 0 Å². The molecule has 1 amide bonds. The maximum atomic E-state index is 11.6. The number of rotatable bonds is 5. The van der Waals surface area contributed by atoms with Crippen LogP contribution < -0.4 is 5.32 Å². The van der Waals surface area contributed by atoms with Crippen molar-refractivity contribution < 1.29 is 14.7 Å². The Morgan fingerprint density at radius 2 is 2.24 bits per heavy atom. The van der Waals surface area contributed by atoms with Gasteiger partial charge in [0.05, 0.1) is 12.4 Å². The Kier molecular flexibility index (Phi) is 4.84. The molecule has 0 aromatic carbocycles. The normalized spacial score (nSPS) is 11.9. The summed E-state index contributed by atoms with van der Waals surface area (Å²) in [5, 5.41) is 11.2. The lowest BCUT2D eigenvalue weighted by Crippen LogP contribution is -2.33. The summed E-state index contributed by atoms with van der Waals surface area (Å²) >= 11 is 5.60. The van der Waals surface area contributed by atoms with E-state index in [0.29, 0.717) is 6.42 Å². The topological polar surface area (TPSA) is 92.2 Å². The Hall–Kier alpha value is -1.69. The van der Waals surface area contributed by atoms with Gasteiger partial charge in [-0.1, -0.05) is 11.6 Å². The maximum Gasteiger partial charge on any atom is 0.303 e. The molecular formula is C10H12ClN3O3. The third-order valence-electron chi connectivity index (χ3n) is 2.01. The highest BCUT2D eigenvalue weighted by Crippen LogP contribution is 2.03. The third-order valence-corrected chi connectivity index (χ3v) is 2.19. The van der Waals surface area contributed by atoms with Crippen molar-refractivity contribution in [3.8, 4) is 0 Å². The Morgan fingerprint density at radius 1 is 1.53 bits per heavy atom. The van der Waals surface area contributed by atoms with Gasteiger partial charge < -0.3 is 10.4 Å². The number of carbonyl (C=O) groups is 2. The van der Waals surface area contributed by atoms with Gasteiger partial charge in [-0.15, -0.1) is 0 Å². The summed E-state index contributed by atoms with van der Waals surface area (Å²) in [5.41, 5.74) is 0.111. The van der Waals surface area contributed by atoms with Gasteiger partial charge in [-0.05, 0) is 13.3 Å². The number of nitrogens with zero attached hydrogens (tertiary/aromatic N) is 2. The van der Waals surface area contributed by atoms with E-state index in [1.54, 1.807) is 6.92 Å². The van der Waals surface area contributed by atoms with Crippen molar-refractivity contribution in [2.24, 2.45) is 0 Å². The zero-order chi connectivity index (χ0) is 12.8. The molecule has 1 aromatic rings. The highest BCUT2D eigenvalue weighted by molar-refractivity contribution is 6.29. The average molecular weight is 258 g/mol. The highest BCUT2D eigenvalue weighted by atomic mass is 35.5. The van der Waals surface area contributed by atoms with Gasteiger partial charge in [0.2, 0.25) is 0 Å². The van der Waals surface area contributed by atoms with Gasteiger partial charge in [0.1, 0.15) is 10.8 Å². The van der Waals surface area contributed by atoms with E-state index in [2.05, 4.69) is 15.3 Å². The molecule has 0 saturated carbocycles. The standard InChI is InChI=1S/C10H12ClN3O3/c1-6(2-3-9(15)16)13-10(17)7-4-12-5-8(11)14-7/h4-6H,2-3H2,1H3,(H,13,17)(H,15,16). The SMILES string of the molecule is CC(CCC(=O)O)NC(=O)c1cncc(Cl)n1. The molecule has 0 spiro atoms. The highest BCUT2D eigenvalue weighted by Gasteiger charge is 2.12. The Labute approximate surface area is 103 Å². The average Bonchev–Trinajstić information content (AvgIpc) is 2.26. The Bertz CT molecular complexity index is 425. The zero-order valence-electron chi connectivity index (χ0n) is 9.18. The van der Waals surface area contributed by atoms with Gasteiger partial charge in [-0.2, -0.15) is 0 Å². The van der Waals surface area contributed by atoms with Crippen LogP contribution in [0.5, 0.6) is 0 Å². The molecule has 92 valence electrons. The number of nitrogens with one attached hydrogen (secondary N) is 1. The quantitative estimate of drug-likeness (QED) is 0.824. The second-order valence-corrected chi connectivity index (χ2v) is 3.92.